The third kappa shape index (κ3) is 3.32. The Balaban J connectivity index is 2.23. The summed E-state index contributed by atoms with van der Waals surface area (Å²) in [7, 11) is 0. The molecule has 2 rings (SSSR count). The minimum absolute atomic E-state index is 0.127. The van der Waals surface area contributed by atoms with Crippen molar-refractivity contribution in [3.63, 3.8) is 0 Å². The lowest BCUT2D eigenvalue weighted by atomic mass is 10.1. The molecule has 1 aliphatic rings. The fraction of sp³-hybridized carbons (Fsp3) is 0.467. The number of nitrogens with zero attached hydrogens (tertiary/aromatic N) is 1. The van der Waals surface area contributed by atoms with Crippen molar-refractivity contribution in [2.45, 2.75) is 31.7 Å². The lowest BCUT2D eigenvalue weighted by molar-refractivity contribution is -0.138. The number of amides is 2. The van der Waals surface area contributed by atoms with Crippen LogP contribution in [0.15, 0.2) is 24.3 Å². The van der Waals surface area contributed by atoms with Gasteiger partial charge in [-0.15, -0.1) is 11.8 Å². The summed E-state index contributed by atoms with van der Waals surface area (Å²) in [6, 6.07) is 6.46. The van der Waals surface area contributed by atoms with E-state index in [9.17, 15) is 14.7 Å². The lowest BCUT2D eigenvalue weighted by Gasteiger charge is -2.28. The van der Waals surface area contributed by atoms with Crippen molar-refractivity contribution in [3.05, 3.63) is 29.8 Å². The lowest BCUT2D eigenvalue weighted by Crippen LogP contribution is -2.47. The number of thioether (sulfide) groups is 1. The van der Waals surface area contributed by atoms with Gasteiger partial charge in [0.05, 0.1) is 0 Å². The van der Waals surface area contributed by atoms with E-state index in [1.54, 1.807) is 23.1 Å². The molecular weight excluding hydrogens is 288 g/mol. The second kappa shape index (κ2) is 6.85. The average molecular weight is 308 g/mol. The second-order valence-electron chi connectivity index (χ2n) is 4.98. The molecular formula is C15H20N2O3S. The summed E-state index contributed by atoms with van der Waals surface area (Å²) in [6.07, 6.45) is 0.856. The Hall–Kier alpha value is -1.69. The van der Waals surface area contributed by atoms with E-state index in [1.807, 2.05) is 13.0 Å². The standard InChI is InChI=1S/C15H20N2O3S/c1-3-8-16-14(20)12-9-21-15(17(12)10(2)18)11-6-4-5-7-13(11)19/h4-7,12,15,19H,3,8-9H2,1-2H3,(H,16,20)/t12-,15-/m1/s1. The van der Waals surface area contributed by atoms with Crippen molar-refractivity contribution in [1.29, 1.82) is 0 Å². The van der Waals surface area contributed by atoms with Gasteiger partial charge in [0.2, 0.25) is 11.8 Å². The molecule has 2 N–H and O–H groups in total. The number of rotatable bonds is 4. The van der Waals surface area contributed by atoms with Crippen LogP contribution in [0.4, 0.5) is 0 Å². The summed E-state index contributed by atoms with van der Waals surface area (Å²) in [6.45, 7) is 4.04. The van der Waals surface area contributed by atoms with Crippen molar-refractivity contribution in [3.8, 4) is 5.75 Å². The first-order chi connectivity index (χ1) is 10.1. The van der Waals surface area contributed by atoms with E-state index >= 15 is 0 Å². The van der Waals surface area contributed by atoms with Crippen molar-refractivity contribution in [2.24, 2.45) is 0 Å². The number of hydrogen-bond acceptors (Lipinski definition) is 4. The van der Waals surface area contributed by atoms with Gasteiger partial charge in [-0.3, -0.25) is 9.59 Å². The molecule has 1 saturated heterocycles. The van der Waals surface area contributed by atoms with Gasteiger partial charge >= 0.3 is 0 Å². The Morgan fingerprint density at radius 2 is 2.14 bits per heavy atom. The molecule has 1 fully saturated rings. The molecule has 0 spiro atoms. The zero-order valence-electron chi connectivity index (χ0n) is 12.2. The highest BCUT2D eigenvalue weighted by Gasteiger charge is 2.41. The highest BCUT2D eigenvalue weighted by Crippen LogP contribution is 2.44. The van der Waals surface area contributed by atoms with E-state index in [0.717, 1.165) is 6.42 Å². The molecule has 0 radical (unpaired) electrons. The van der Waals surface area contributed by atoms with Crippen LogP contribution in [0.25, 0.3) is 0 Å². The molecule has 1 heterocycles. The number of phenols is 1. The van der Waals surface area contributed by atoms with Crippen molar-refractivity contribution >= 4 is 23.6 Å². The fourth-order valence-electron chi connectivity index (χ4n) is 2.39. The van der Waals surface area contributed by atoms with E-state index in [0.29, 0.717) is 17.9 Å². The second-order valence-corrected chi connectivity index (χ2v) is 6.09. The number of hydrogen-bond donors (Lipinski definition) is 2. The molecule has 2 atom stereocenters. The Kier molecular flexibility index (Phi) is 5.12. The highest BCUT2D eigenvalue weighted by atomic mass is 32.2. The van der Waals surface area contributed by atoms with Gasteiger partial charge in [0.1, 0.15) is 17.2 Å². The van der Waals surface area contributed by atoms with Crippen molar-refractivity contribution in [1.82, 2.24) is 10.2 Å². The number of carbonyl (C=O) groups is 2. The number of para-hydroxylation sites is 1. The van der Waals surface area contributed by atoms with E-state index in [4.69, 9.17) is 0 Å². The van der Waals surface area contributed by atoms with Gasteiger partial charge in [-0.25, -0.2) is 0 Å². The van der Waals surface area contributed by atoms with Gasteiger partial charge < -0.3 is 15.3 Å². The Labute approximate surface area is 128 Å². The van der Waals surface area contributed by atoms with Crippen LogP contribution in [0.5, 0.6) is 5.75 Å². The first-order valence-corrected chi connectivity index (χ1v) is 8.07. The molecule has 0 saturated carbocycles. The third-order valence-electron chi connectivity index (χ3n) is 3.42. The van der Waals surface area contributed by atoms with Crippen LogP contribution < -0.4 is 5.32 Å². The quantitative estimate of drug-likeness (QED) is 0.891. The highest BCUT2D eigenvalue weighted by molar-refractivity contribution is 7.99. The van der Waals surface area contributed by atoms with Gasteiger partial charge in [-0.1, -0.05) is 25.1 Å². The summed E-state index contributed by atoms with van der Waals surface area (Å²) in [5.74, 6) is 0.395. The normalized spacial score (nSPS) is 21.3. The Bertz CT molecular complexity index is 535. The van der Waals surface area contributed by atoms with Crippen LogP contribution in [-0.2, 0) is 9.59 Å². The minimum Gasteiger partial charge on any atom is -0.508 e. The Morgan fingerprint density at radius 1 is 1.43 bits per heavy atom. The monoisotopic (exact) mass is 308 g/mol. The summed E-state index contributed by atoms with van der Waals surface area (Å²) < 4.78 is 0. The number of carbonyl (C=O) groups excluding carboxylic acids is 2. The molecule has 0 bridgehead atoms. The predicted molar refractivity (Wildman–Crippen MR) is 82.9 cm³/mol. The zero-order chi connectivity index (χ0) is 15.4. The average Bonchev–Trinajstić information content (AvgIpc) is 2.90. The summed E-state index contributed by atoms with van der Waals surface area (Å²) in [4.78, 5) is 25.7. The maximum atomic E-state index is 12.2. The van der Waals surface area contributed by atoms with E-state index in [-0.39, 0.29) is 22.9 Å². The number of benzene rings is 1. The molecule has 0 aliphatic carbocycles. The largest absolute Gasteiger partial charge is 0.508 e. The first-order valence-electron chi connectivity index (χ1n) is 7.02. The maximum Gasteiger partial charge on any atom is 0.243 e. The van der Waals surface area contributed by atoms with Crippen LogP contribution in [0.1, 0.15) is 31.2 Å². The van der Waals surface area contributed by atoms with Gasteiger partial charge in [0, 0.05) is 24.8 Å². The topological polar surface area (TPSA) is 69.6 Å². The molecule has 21 heavy (non-hydrogen) atoms. The smallest absolute Gasteiger partial charge is 0.243 e. The molecule has 1 aromatic carbocycles. The van der Waals surface area contributed by atoms with E-state index in [1.165, 1.54) is 18.7 Å². The molecule has 114 valence electrons. The molecule has 0 aromatic heterocycles. The van der Waals surface area contributed by atoms with Gasteiger partial charge in [-0.05, 0) is 12.5 Å². The zero-order valence-corrected chi connectivity index (χ0v) is 13.0. The molecule has 1 aromatic rings. The van der Waals surface area contributed by atoms with Crippen molar-refractivity contribution in [2.75, 3.05) is 12.3 Å². The van der Waals surface area contributed by atoms with Gasteiger partial charge in [-0.2, -0.15) is 0 Å². The van der Waals surface area contributed by atoms with Crippen molar-refractivity contribution < 1.29 is 14.7 Å². The molecule has 5 nitrogen and oxygen atoms in total. The van der Waals surface area contributed by atoms with Crippen LogP contribution >= 0.6 is 11.8 Å². The van der Waals surface area contributed by atoms with Crippen LogP contribution in [0.2, 0.25) is 0 Å². The first kappa shape index (κ1) is 15.7. The Morgan fingerprint density at radius 3 is 2.76 bits per heavy atom. The number of phenolic OH excluding ortho intramolecular Hbond substituents is 1. The van der Waals surface area contributed by atoms with Crippen LogP contribution in [-0.4, -0.2) is 40.2 Å². The molecule has 2 amide bonds. The van der Waals surface area contributed by atoms with E-state index in [2.05, 4.69) is 5.32 Å². The van der Waals surface area contributed by atoms with Crippen LogP contribution in [0.3, 0.4) is 0 Å². The number of nitrogens with one attached hydrogen (secondary N) is 1. The maximum absolute atomic E-state index is 12.2. The molecule has 6 heteroatoms. The summed E-state index contributed by atoms with van der Waals surface area (Å²) in [5, 5.41) is 12.5. The number of aromatic hydroxyl groups is 1. The summed E-state index contributed by atoms with van der Waals surface area (Å²) in [5.41, 5.74) is 0.670. The molecule has 1 aliphatic heterocycles. The predicted octanol–water partition coefficient (Wildman–Crippen LogP) is 1.88. The van der Waals surface area contributed by atoms with E-state index < -0.39 is 6.04 Å². The van der Waals surface area contributed by atoms with Gasteiger partial charge in [0.25, 0.3) is 0 Å². The minimum atomic E-state index is -0.483. The van der Waals surface area contributed by atoms with Gasteiger partial charge in [0.15, 0.2) is 0 Å². The molecule has 0 unspecified atom stereocenters. The van der Waals surface area contributed by atoms with Crippen LogP contribution in [0, 0.1) is 0 Å². The fourth-order valence-corrected chi connectivity index (χ4v) is 3.91. The SMILES string of the molecule is CCCNC(=O)[C@H]1CS[C@H](c2ccccc2O)N1C(C)=O. The summed E-state index contributed by atoms with van der Waals surface area (Å²) >= 11 is 1.50. The third-order valence-corrected chi connectivity index (χ3v) is 4.72.